The van der Waals surface area contributed by atoms with Crippen LogP contribution in [0.2, 0.25) is 0 Å². The van der Waals surface area contributed by atoms with E-state index in [0.29, 0.717) is 75.0 Å². The summed E-state index contributed by atoms with van der Waals surface area (Å²) in [6.07, 6.45) is 1.06. The van der Waals surface area contributed by atoms with E-state index in [1.54, 1.807) is 35.2 Å². The SMILES string of the molecule is CC(=O)c1ccc(N2CCN(C(=O)c3cc(NS(C)(=O)=O)ccc3N3CCOCC3)CC2)c(F)c1. The fourth-order valence-corrected chi connectivity index (χ4v) is 4.92. The summed E-state index contributed by atoms with van der Waals surface area (Å²) in [5.41, 5.74) is 2.17. The Morgan fingerprint density at radius 2 is 1.54 bits per heavy atom. The number of piperazine rings is 1. The first-order chi connectivity index (χ1) is 16.6. The lowest BCUT2D eigenvalue weighted by Gasteiger charge is -2.37. The third-order valence-electron chi connectivity index (χ3n) is 6.14. The minimum absolute atomic E-state index is 0.200. The molecule has 2 aliphatic rings. The molecular formula is C24H29FN4O5S. The number of halogens is 1. The Labute approximate surface area is 204 Å². The predicted molar refractivity (Wildman–Crippen MR) is 132 cm³/mol. The molecule has 0 unspecified atom stereocenters. The number of benzene rings is 2. The van der Waals surface area contributed by atoms with Gasteiger partial charge in [-0.3, -0.25) is 14.3 Å². The van der Waals surface area contributed by atoms with Crippen molar-refractivity contribution in [2.45, 2.75) is 6.92 Å². The van der Waals surface area contributed by atoms with Crippen molar-refractivity contribution in [2.75, 3.05) is 73.3 Å². The smallest absolute Gasteiger partial charge is 0.256 e. The van der Waals surface area contributed by atoms with Crippen LogP contribution in [-0.2, 0) is 14.8 Å². The Hall–Kier alpha value is -3.18. The number of nitrogens with zero attached hydrogens (tertiary/aromatic N) is 3. The van der Waals surface area contributed by atoms with Crippen molar-refractivity contribution < 1.29 is 27.1 Å². The molecule has 35 heavy (non-hydrogen) atoms. The maximum atomic E-state index is 14.6. The lowest BCUT2D eigenvalue weighted by molar-refractivity contribution is 0.0745. The number of ether oxygens (including phenoxy) is 1. The number of morpholine rings is 1. The molecule has 0 radical (unpaired) electrons. The summed E-state index contributed by atoms with van der Waals surface area (Å²) in [5.74, 6) is -0.878. The van der Waals surface area contributed by atoms with Crippen LogP contribution in [0.25, 0.3) is 0 Å². The van der Waals surface area contributed by atoms with Gasteiger partial charge in [0.05, 0.1) is 30.7 Å². The van der Waals surface area contributed by atoms with Gasteiger partial charge in [0, 0.05) is 56.2 Å². The molecule has 0 atom stereocenters. The summed E-state index contributed by atoms with van der Waals surface area (Å²) < 4.78 is 46.0. The summed E-state index contributed by atoms with van der Waals surface area (Å²) in [6, 6.07) is 9.42. The van der Waals surface area contributed by atoms with Gasteiger partial charge in [0.25, 0.3) is 5.91 Å². The highest BCUT2D eigenvalue weighted by atomic mass is 32.2. The molecule has 0 spiro atoms. The van der Waals surface area contributed by atoms with Gasteiger partial charge in [-0.25, -0.2) is 12.8 Å². The number of hydrogen-bond acceptors (Lipinski definition) is 7. The fraction of sp³-hybridized carbons (Fsp3) is 0.417. The number of carbonyl (C=O) groups is 2. The van der Waals surface area contributed by atoms with E-state index in [4.69, 9.17) is 4.74 Å². The summed E-state index contributed by atoms with van der Waals surface area (Å²) >= 11 is 0. The van der Waals surface area contributed by atoms with Gasteiger partial charge in [-0.2, -0.15) is 0 Å². The first-order valence-electron chi connectivity index (χ1n) is 11.4. The van der Waals surface area contributed by atoms with Crippen molar-refractivity contribution >= 4 is 38.8 Å². The number of hydrogen-bond donors (Lipinski definition) is 1. The highest BCUT2D eigenvalue weighted by molar-refractivity contribution is 7.92. The van der Waals surface area contributed by atoms with Crippen LogP contribution >= 0.6 is 0 Å². The van der Waals surface area contributed by atoms with E-state index in [9.17, 15) is 22.4 Å². The minimum Gasteiger partial charge on any atom is -0.378 e. The van der Waals surface area contributed by atoms with Crippen LogP contribution in [0, 0.1) is 5.82 Å². The molecule has 2 heterocycles. The number of ketones is 1. The third-order valence-corrected chi connectivity index (χ3v) is 6.75. The van der Waals surface area contributed by atoms with Crippen molar-refractivity contribution in [1.29, 1.82) is 0 Å². The Kier molecular flexibility index (Phi) is 7.27. The van der Waals surface area contributed by atoms with E-state index in [1.807, 2.05) is 4.90 Å². The molecule has 1 N–H and O–H groups in total. The van der Waals surface area contributed by atoms with Crippen LogP contribution in [-0.4, -0.2) is 83.7 Å². The van der Waals surface area contributed by atoms with Gasteiger partial charge >= 0.3 is 0 Å². The standard InChI is InChI=1S/C24H29FN4O5S/c1-17(30)18-3-5-23(21(25)15-18)27-7-9-29(10-8-27)24(31)20-16-19(26-35(2,32)33)4-6-22(20)28-11-13-34-14-12-28/h3-6,15-16,26H,7-14H2,1-2H3. The van der Waals surface area contributed by atoms with Gasteiger partial charge in [0.1, 0.15) is 5.82 Å². The first-order valence-corrected chi connectivity index (χ1v) is 13.3. The van der Waals surface area contributed by atoms with Gasteiger partial charge in [0.15, 0.2) is 5.78 Å². The normalized spacial score (nSPS) is 16.8. The largest absolute Gasteiger partial charge is 0.378 e. The average Bonchev–Trinajstić information content (AvgIpc) is 2.83. The zero-order chi connectivity index (χ0) is 25.2. The maximum Gasteiger partial charge on any atom is 0.256 e. The molecule has 0 aliphatic carbocycles. The topological polar surface area (TPSA) is 99.3 Å². The van der Waals surface area contributed by atoms with Crippen molar-refractivity contribution in [1.82, 2.24) is 4.90 Å². The Balaban J connectivity index is 1.53. The summed E-state index contributed by atoms with van der Waals surface area (Å²) in [5, 5.41) is 0. The zero-order valence-corrected chi connectivity index (χ0v) is 20.6. The summed E-state index contributed by atoms with van der Waals surface area (Å²) in [4.78, 5) is 30.7. The van der Waals surface area contributed by atoms with Crippen LogP contribution in [0.4, 0.5) is 21.5 Å². The number of carbonyl (C=O) groups excluding carboxylic acids is 2. The number of sulfonamides is 1. The first kappa shape index (κ1) is 24.9. The molecule has 2 aliphatic heterocycles. The Morgan fingerprint density at radius 1 is 0.914 bits per heavy atom. The van der Waals surface area contributed by atoms with Crippen molar-refractivity contribution in [3.8, 4) is 0 Å². The Morgan fingerprint density at radius 3 is 2.14 bits per heavy atom. The molecule has 2 fully saturated rings. The second-order valence-electron chi connectivity index (χ2n) is 8.71. The van der Waals surface area contributed by atoms with E-state index in [-0.39, 0.29) is 11.7 Å². The fourth-order valence-electron chi connectivity index (χ4n) is 4.37. The third kappa shape index (κ3) is 5.91. The molecule has 1 amide bonds. The van der Waals surface area contributed by atoms with Crippen LogP contribution in [0.1, 0.15) is 27.6 Å². The van der Waals surface area contributed by atoms with Gasteiger partial charge < -0.3 is 19.4 Å². The molecule has 2 aromatic carbocycles. The highest BCUT2D eigenvalue weighted by Crippen LogP contribution is 2.28. The highest BCUT2D eigenvalue weighted by Gasteiger charge is 2.27. The maximum absolute atomic E-state index is 14.6. The van der Waals surface area contributed by atoms with Gasteiger partial charge in [-0.05, 0) is 43.3 Å². The number of nitrogens with one attached hydrogen (secondary N) is 1. The molecule has 0 aromatic heterocycles. The van der Waals surface area contributed by atoms with Crippen LogP contribution in [0.15, 0.2) is 36.4 Å². The molecule has 11 heteroatoms. The molecule has 0 bridgehead atoms. The predicted octanol–water partition coefficient (Wildman–Crippen LogP) is 2.20. The molecular weight excluding hydrogens is 475 g/mol. The van der Waals surface area contributed by atoms with E-state index >= 15 is 0 Å². The number of rotatable bonds is 6. The number of amides is 1. The second kappa shape index (κ2) is 10.2. The van der Waals surface area contributed by atoms with E-state index in [2.05, 4.69) is 9.62 Å². The van der Waals surface area contributed by atoms with Crippen molar-refractivity contribution in [2.24, 2.45) is 0 Å². The zero-order valence-electron chi connectivity index (χ0n) is 19.8. The second-order valence-corrected chi connectivity index (χ2v) is 10.5. The monoisotopic (exact) mass is 504 g/mol. The molecule has 4 rings (SSSR count). The van der Waals surface area contributed by atoms with Crippen molar-refractivity contribution in [3.63, 3.8) is 0 Å². The molecule has 9 nitrogen and oxygen atoms in total. The van der Waals surface area contributed by atoms with Crippen molar-refractivity contribution in [3.05, 3.63) is 53.3 Å². The molecule has 2 saturated heterocycles. The summed E-state index contributed by atoms with van der Waals surface area (Å²) in [6.45, 7) is 5.34. The van der Waals surface area contributed by atoms with Crippen LogP contribution in [0.3, 0.4) is 0 Å². The molecule has 0 saturated carbocycles. The lowest BCUT2D eigenvalue weighted by atomic mass is 10.1. The number of Topliss-reactive ketones (excluding diaryl/α,β-unsaturated/α-hetero) is 1. The van der Waals surface area contributed by atoms with E-state index in [0.717, 1.165) is 11.9 Å². The lowest BCUT2D eigenvalue weighted by Crippen LogP contribution is -2.49. The summed E-state index contributed by atoms with van der Waals surface area (Å²) in [7, 11) is -3.50. The van der Waals surface area contributed by atoms with Crippen LogP contribution < -0.4 is 14.5 Å². The van der Waals surface area contributed by atoms with Gasteiger partial charge in [-0.15, -0.1) is 0 Å². The Bertz CT molecular complexity index is 1220. The number of anilines is 3. The van der Waals surface area contributed by atoms with Gasteiger partial charge in [-0.1, -0.05) is 0 Å². The van der Waals surface area contributed by atoms with Crippen LogP contribution in [0.5, 0.6) is 0 Å². The van der Waals surface area contributed by atoms with E-state index < -0.39 is 15.8 Å². The minimum atomic E-state index is -3.50. The molecule has 2 aromatic rings. The van der Waals surface area contributed by atoms with E-state index in [1.165, 1.54) is 13.0 Å². The molecule has 188 valence electrons. The average molecular weight is 505 g/mol. The quantitative estimate of drug-likeness (QED) is 0.602. The van der Waals surface area contributed by atoms with Gasteiger partial charge in [0.2, 0.25) is 10.0 Å².